The zero-order valence-corrected chi connectivity index (χ0v) is 11.0. The minimum atomic E-state index is -0.348. The van der Waals surface area contributed by atoms with Gasteiger partial charge in [-0.25, -0.2) is 9.37 Å². The third-order valence-corrected chi connectivity index (χ3v) is 3.58. The fourth-order valence-electron chi connectivity index (χ4n) is 2.01. The molecule has 0 amide bonds. The normalized spacial score (nSPS) is 15.7. The highest BCUT2D eigenvalue weighted by Gasteiger charge is 2.27. The topological polar surface area (TPSA) is 16.1 Å². The molecule has 2 nitrogen and oxygen atoms in total. The van der Waals surface area contributed by atoms with Gasteiger partial charge in [0, 0.05) is 24.7 Å². The van der Waals surface area contributed by atoms with Crippen LogP contribution in [0.5, 0.6) is 0 Å². The maximum absolute atomic E-state index is 13.8. The lowest BCUT2D eigenvalue weighted by Gasteiger charge is -2.38. The van der Waals surface area contributed by atoms with Crippen LogP contribution in [0.25, 0.3) is 0 Å². The Morgan fingerprint density at radius 2 is 2.24 bits per heavy atom. The summed E-state index contributed by atoms with van der Waals surface area (Å²) in [4.78, 5) is 6.14. The van der Waals surface area contributed by atoms with Gasteiger partial charge in [-0.15, -0.1) is 11.6 Å². The highest BCUT2D eigenvalue weighted by molar-refractivity contribution is 6.30. The van der Waals surface area contributed by atoms with Gasteiger partial charge in [0.25, 0.3) is 0 Å². The third kappa shape index (κ3) is 3.02. The largest absolute Gasteiger partial charge is 0.351 e. The molecule has 1 fully saturated rings. The van der Waals surface area contributed by atoms with Gasteiger partial charge in [0.15, 0.2) is 11.6 Å². The number of aromatic nitrogens is 1. The smallest absolute Gasteiger partial charge is 0.167 e. The summed E-state index contributed by atoms with van der Waals surface area (Å²) in [7, 11) is 0. The van der Waals surface area contributed by atoms with Crippen LogP contribution in [0.3, 0.4) is 0 Å². The zero-order valence-electron chi connectivity index (χ0n) is 9.50. The third-order valence-electron chi connectivity index (χ3n) is 3.11. The molecule has 0 aromatic carbocycles. The van der Waals surface area contributed by atoms with Crippen LogP contribution in [0, 0.1) is 5.82 Å². The first kappa shape index (κ1) is 12.9. The molecule has 2 rings (SSSR count). The van der Waals surface area contributed by atoms with Crippen molar-refractivity contribution in [3.8, 4) is 0 Å². The first-order chi connectivity index (χ1) is 8.22. The van der Waals surface area contributed by atoms with Crippen LogP contribution in [0.4, 0.5) is 10.2 Å². The number of hydrogen-bond acceptors (Lipinski definition) is 2. The Morgan fingerprint density at radius 3 is 2.76 bits per heavy atom. The minimum Gasteiger partial charge on any atom is -0.351 e. The molecule has 0 spiro atoms. The molecule has 0 N–H and O–H groups in total. The Morgan fingerprint density at radius 1 is 1.47 bits per heavy atom. The van der Waals surface area contributed by atoms with Crippen molar-refractivity contribution in [3.05, 3.63) is 23.1 Å². The van der Waals surface area contributed by atoms with Crippen LogP contribution in [0.2, 0.25) is 5.02 Å². The van der Waals surface area contributed by atoms with E-state index < -0.39 is 0 Å². The van der Waals surface area contributed by atoms with E-state index in [0.717, 1.165) is 25.8 Å². The van der Waals surface area contributed by atoms with Crippen molar-refractivity contribution in [1.29, 1.82) is 0 Å². The average Bonchev–Trinajstić information content (AvgIpc) is 2.22. The number of pyridine rings is 1. The fraction of sp³-hybridized carbons (Fsp3) is 0.583. The molecule has 1 saturated carbocycles. The lowest BCUT2D eigenvalue weighted by molar-refractivity contribution is 0.380. The number of nitrogens with zero attached hydrogens (tertiary/aromatic N) is 2. The summed E-state index contributed by atoms with van der Waals surface area (Å²) in [5.74, 6) is 0.640. The molecule has 0 bridgehead atoms. The molecular weight excluding hydrogens is 262 g/mol. The van der Waals surface area contributed by atoms with Gasteiger partial charge in [-0.1, -0.05) is 11.6 Å². The maximum Gasteiger partial charge on any atom is 0.167 e. The summed E-state index contributed by atoms with van der Waals surface area (Å²) in [6, 6.07) is 1.72. The van der Waals surface area contributed by atoms with Gasteiger partial charge in [0.05, 0.1) is 5.02 Å². The van der Waals surface area contributed by atoms with E-state index in [1.165, 1.54) is 18.7 Å². The van der Waals surface area contributed by atoms with Gasteiger partial charge in [-0.05, 0) is 31.7 Å². The van der Waals surface area contributed by atoms with Crippen LogP contribution in [-0.4, -0.2) is 23.5 Å². The van der Waals surface area contributed by atoms with Gasteiger partial charge < -0.3 is 4.90 Å². The molecule has 5 heteroatoms. The molecule has 1 aliphatic rings. The Balaban J connectivity index is 2.17. The van der Waals surface area contributed by atoms with Crippen molar-refractivity contribution < 1.29 is 4.39 Å². The van der Waals surface area contributed by atoms with Crippen LogP contribution in [0.1, 0.15) is 25.7 Å². The lowest BCUT2D eigenvalue weighted by Crippen LogP contribution is -2.42. The predicted molar refractivity (Wildman–Crippen MR) is 69.5 cm³/mol. The molecule has 94 valence electrons. The van der Waals surface area contributed by atoms with Crippen molar-refractivity contribution in [2.45, 2.75) is 31.7 Å². The summed E-state index contributed by atoms with van der Waals surface area (Å²) in [6.45, 7) is 0.750. The molecule has 17 heavy (non-hydrogen) atoms. The van der Waals surface area contributed by atoms with Gasteiger partial charge in [0.2, 0.25) is 0 Å². The predicted octanol–water partition coefficient (Wildman–Crippen LogP) is 3.86. The quantitative estimate of drug-likeness (QED) is 0.760. The molecule has 0 unspecified atom stereocenters. The number of hydrogen-bond donors (Lipinski definition) is 0. The van der Waals surface area contributed by atoms with E-state index in [0.29, 0.717) is 22.8 Å². The number of rotatable bonds is 5. The van der Waals surface area contributed by atoms with Gasteiger partial charge in [-0.2, -0.15) is 0 Å². The van der Waals surface area contributed by atoms with Crippen LogP contribution < -0.4 is 4.90 Å². The second-order valence-corrected chi connectivity index (χ2v) is 5.09. The van der Waals surface area contributed by atoms with Gasteiger partial charge in [0.1, 0.15) is 0 Å². The van der Waals surface area contributed by atoms with Crippen molar-refractivity contribution in [2.75, 3.05) is 17.3 Å². The van der Waals surface area contributed by atoms with Crippen LogP contribution in [-0.2, 0) is 0 Å². The molecule has 0 saturated heterocycles. The Hall–Kier alpha value is -0.540. The first-order valence-electron chi connectivity index (χ1n) is 5.86. The highest BCUT2D eigenvalue weighted by Crippen LogP contribution is 2.30. The maximum atomic E-state index is 13.8. The van der Waals surface area contributed by atoms with E-state index in [1.54, 1.807) is 0 Å². The number of anilines is 1. The van der Waals surface area contributed by atoms with Crippen molar-refractivity contribution >= 4 is 29.0 Å². The fourth-order valence-corrected chi connectivity index (χ4v) is 2.27. The standard InChI is InChI=1S/C12H15Cl2FN2/c13-5-2-6-17(10-3-1-4-10)12-11(15)7-9(14)8-16-12/h7-8,10H,1-6H2. The van der Waals surface area contributed by atoms with E-state index in [-0.39, 0.29) is 5.82 Å². The van der Waals surface area contributed by atoms with Gasteiger partial charge >= 0.3 is 0 Å². The second-order valence-electron chi connectivity index (χ2n) is 4.28. The Bertz CT molecular complexity index is 383. The van der Waals surface area contributed by atoms with Crippen molar-refractivity contribution in [3.63, 3.8) is 0 Å². The lowest BCUT2D eigenvalue weighted by atomic mass is 9.91. The Labute approximate surface area is 111 Å². The van der Waals surface area contributed by atoms with Crippen molar-refractivity contribution in [2.24, 2.45) is 0 Å². The van der Waals surface area contributed by atoms with E-state index in [4.69, 9.17) is 23.2 Å². The monoisotopic (exact) mass is 276 g/mol. The summed E-state index contributed by atoms with van der Waals surface area (Å²) < 4.78 is 13.8. The zero-order chi connectivity index (χ0) is 12.3. The first-order valence-corrected chi connectivity index (χ1v) is 6.77. The van der Waals surface area contributed by atoms with E-state index in [1.807, 2.05) is 4.90 Å². The van der Waals surface area contributed by atoms with E-state index in [9.17, 15) is 4.39 Å². The molecule has 0 atom stereocenters. The summed E-state index contributed by atoms with van der Waals surface area (Å²) >= 11 is 11.4. The summed E-state index contributed by atoms with van der Waals surface area (Å²) in [5, 5.41) is 0.331. The molecular formula is C12H15Cl2FN2. The molecule has 1 heterocycles. The summed E-state index contributed by atoms with van der Waals surface area (Å²) in [6.07, 6.45) is 5.74. The average molecular weight is 277 g/mol. The van der Waals surface area contributed by atoms with Crippen LogP contribution >= 0.6 is 23.2 Å². The summed E-state index contributed by atoms with van der Waals surface area (Å²) in [5.41, 5.74) is 0. The van der Waals surface area contributed by atoms with E-state index >= 15 is 0 Å². The van der Waals surface area contributed by atoms with E-state index in [2.05, 4.69) is 4.98 Å². The van der Waals surface area contributed by atoms with Crippen LogP contribution in [0.15, 0.2) is 12.3 Å². The SMILES string of the molecule is Fc1cc(Cl)cnc1N(CCCCl)C1CCC1. The minimum absolute atomic E-state index is 0.331. The molecule has 1 aromatic rings. The molecule has 1 aromatic heterocycles. The van der Waals surface area contributed by atoms with Gasteiger partial charge in [-0.3, -0.25) is 0 Å². The molecule has 1 aliphatic carbocycles. The number of halogens is 3. The Kier molecular flexibility index (Phi) is 4.46. The van der Waals surface area contributed by atoms with Crippen molar-refractivity contribution in [1.82, 2.24) is 4.98 Å². The highest BCUT2D eigenvalue weighted by atomic mass is 35.5. The molecule has 0 radical (unpaired) electrons. The molecule has 0 aliphatic heterocycles. The number of alkyl halides is 1. The second kappa shape index (κ2) is 5.87.